The molecule has 4 aromatic carbocycles. The number of nitrogens with zero attached hydrogens (tertiary/aromatic N) is 2. The SMILES string of the molecule is Cc1cc(C=Nc2ccccc2)c2[nH]c3c(C=Nc4ccccc4)cc(C)cc3c2c1. The van der Waals surface area contributed by atoms with Crippen LogP contribution in [0.2, 0.25) is 0 Å². The summed E-state index contributed by atoms with van der Waals surface area (Å²) in [5.41, 5.74) is 8.67. The van der Waals surface area contributed by atoms with Crippen molar-refractivity contribution < 1.29 is 0 Å². The molecule has 0 radical (unpaired) electrons. The van der Waals surface area contributed by atoms with E-state index in [1.54, 1.807) is 0 Å². The Labute approximate surface area is 181 Å². The summed E-state index contributed by atoms with van der Waals surface area (Å²) in [6, 6.07) is 28.9. The first kappa shape index (κ1) is 19.0. The molecule has 0 unspecified atom stereocenters. The second-order valence-corrected chi connectivity index (χ2v) is 7.87. The zero-order valence-corrected chi connectivity index (χ0v) is 17.6. The highest BCUT2D eigenvalue weighted by Crippen LogP contribution is 2.31. The minimum atomic E-state index is 0.944. The van der Waals surface area contributed by atoms with Crippen LogP contribution in [0.25, 0.3) is 21.8 Å². The fourth-order valence-electron chi connectivity index (χ4n) is 3.98. The maximum Gasteiger partial charge on any atom is 0.0629 e. The van der Waals surface area contributed by atoms with E-state index >= 15 is 0 Å². The van der Waals surface area contributed by atoms with Crippen molar-refractivity contribution in [3.8, 4) is 0 Å². The fourth-order valence-corrected chi connectivity index (χ4v) is 3.98. The Morgan fingerprint density at radius 1 is 0.581 bits per heavy atom. The van der Waals surface area contributed by atoms with Crippen LogP contribution < -0.4 is 0 Å². The van der Waals surface area contributed by atoms with E-state index in [4.69, 9.17) is 0 Å². The van der Waals surface area contributed by atoms with Crippen molar-refractivity contribution in [2.45, 2.75) is 13.8 Å². The Balaban J connectivity index is 1.67. The molecule has 0 amide bonds. The minimum Gasteiger partial charge on any atom is -0.353 e. The molecule has 1 aromatic heterocycles. The summed E-state index contributed by atoms with van der Waals surface area (Å²) in [4.78, 5) is 13.0. The van der Waals surface area contributed by atoms with E-state index in [0.29, 0.717) is 0 Å². The van der Waals surface area contributed by atoms with E-state index in [0.717, 1.165) is 33.5 Å². The Kier molecular flexibility index (Phi) is 4.93. The van der Waals surface area contributed by atoms with Gasteiger partial charge in [-0.15, -0.1) is 0 Å². The molecule has 0 saturated heterocycles. The molecule has 150 valence electrons. The van der Waals surface area contributed by atoms with Gasteiger partial charge in [0.2, 0.25) is 0 Å². The van der Waals surface area contributed by atoms with Crippen molar-refractivity contribution in [3.63, 3.8) is 0 Å². The number of rotatable bonds is 4. The lowest BCUT2D eigenvalue weighted by molar-refractivity contribution is 1.45. The van der Waals surface area contributed by atoms with Crippen LogP contribution in [0.15, 0.2) is 94.9 Å². The number of benzene rings is 4. The molecular weight excluding hydrogens is 378 g/mol. The third-order valence-electron chi connectivity index (χ3n) is 5.38. The number of hydrogen-bond acceptors (Lipinski definition) is 2. The Morgan fingerprint density at radius 2 is 1.00 bits per heavy atom. The van der Waals surface area contributed by atoms with Crippen LogP contribution in [0, 0.1) is 13.8 Å². The van der Waals surface area contributed by atoms with Crippen LogP contribution in [-0.2, 0) is 0 Å². The number of hydrogen-bond donors (Lipinski definition) is 1. The molecule has 3 nitrogen and oxygen atoms in total. The number of fused-ring (bicyclic) bond motifs is 3. The summed E-state index contributed by atoms with van der Waals surface area (Å²) in [6.45, 7) is 4.26. The average Bonchev–Trinajstić information content (AvgIpc) is 3.16. The van der Waals surface area contributed by atoms with Crippen LogP contribution in [-0.4, -0.2) is 17.4 Å². The van der Waals surface area contributed by atoms with Crippen molar-refractivity contribution in [2.75, 3.05) is 0 Å². The molecule has 0 bridgehead atoms. The predicted octanol–water partition coefficient (Wildman–Crippen LogP) is 7.44. The zero-order valence-electron chi connectivity index (χ0n) is 17.6. The highest BCUT2D eigenvalue weighted by molar-refractivity contribution is 6.16. The molecule has 1 N–H and O–H groups in total. The Bertz CT molecular complexity index is 1320. The number of aryl methyl sites for hydroxylation is 2. The smallest absolute Gasteiger partial charge is 0.0629 e. The second-order valence-electron chi connectivity index (χ2n) is 7.87. The standard InChI is InChI=1S/C28H23N3/c1-19-13-21(17-29-23-9-5-3-6-10-23)27-25(15-19)26-16-20(2)14-22(28(26)31-27)18-30-24-11-7-4-8-12-24/h3-18,31H,1-2H3. The molecule has 3 heteroatoms. The van der Waals surface area contributed by atoms with Gasteiger partial charge in [0.15, 0.2) is 0 Å². The van der Waals surface area contributed by atoms with Gasteiger partial charge in [-0.2, -0.15) is 0 Å². The van der Waals surface area contributed by atoms with E-state index in [-0.39, 0.29) is 0 Å². The molecule has 0 fully saturated rings. The molecule has 0 spiro atoms. The monoisotopic (exact) mass is 401 g/mol. The van der Waals surface area contributed by atoms with Crippen molar-refractivity contribution in [2.24, 2.45) is 9.98 Å². The number of nitrogens with one attached hydrogen (secondary N) is 1. The molecule has 5 rings (SSSR count). The van der Waals surface area contributed by atoms with Crippen molar-refractivity contribution in [1.82, 2.24) is 4.98 Å². The summed E-state index contributed by atoms with van der Waals surface area (Å²) >= 11 is 0. The first-order chi connectivity index (χ1) is 15.2. The van der Waals surface area contributed by atoms with Crippen LogP contribution in [0.4, 0.5) is 11.4 Å². The number of aromatic nitrogens is 1. The molecule has 0 saturated carbocycles. The molecule has 0 aliphatic heterocycles. The van der Waals surface area contributed by atoms with Gasteiger partial charge in [-0.05, 0) is 73.5 Å². The van der Waals surface area contributed by atoms with Gasteiger partial charge >= 0.3 is 0 Å². The molecule has 1 heterocycles. The highest BCUT2D eigenvalue weighted by atomic mass is 14.8. The maximum atomic E-state index is 4.68. The van der Waals surface area contributed by atoms with E-state index in [2.05, 4.69) is 53.1 Å². The van der Waals surface area contributed by atoms with E-state index in [1.807, 2.05) is 73.1 Å². The first-order valence-electron chi connectivity index (χ1n) is 10.4. The number of aromatic amines is 1. The van der Waals surface area contributed by atoms with Gasteiger partial charge < -0.3 is 4.98 Å². The molecular formula is C28H23N3. The van der Waals surface area contributed by atoms with Gasteiger partial charge in [0.1, 0.15) is 0 Å². The van der Waals surface area contributed by atoms with Crippen LogP contribution in [0.1, 0.15) is 22.3 Å². The fraction of sp³-hybridized carbons (Fsp3) is 0.0714. The summed E-state index contributed by atoms with van der Waals surface area (Å²) in [5.74, 6) is 0. The third kappa shape index (κ3) is 3.90. The molecule has 0 aliphatic carbocycles. The summed E-state index contributed by atoms with van der Waals surface area (Å²) in [7, 11) is 0. The maximum absolute atomic E-state index is 4.68. The third-order valence-corrected chi connectivity index (χ3v) is 5.38. The molecule has 0 atom stereocenters. The van der Waals surface area contributed by atoms with Crippen molar-refractivity contribution >= 4 is 45.6 Å². The Hall–Kier alpha value is -3.98. The van der Waals surface area contributed by atoms with Gasteiger partial charge in [0, 0.05) is 34.3 Å². The van der Waals surface area contributed by atoms with E-state index < -0.39 is 0 Å². The molecule has 5 aromatic rings. The van der Waals surface area contributed by atoms with E-state index in [1.165, 1.54) is 21.9 Å². The van der Waals surface area contributed by atoms with Gasteiger partial charge in [0.05, 0.1) is 22.4 Å². The predicted molar refractivity (Wildman–Crippen MR) is 133 cm³/mol. The lowest BCUT2D eigenvalue weighted by atomic mass is 10.0. The topological polar surface area (TPSA) is 40.5 Å². The van der Waals surface area contributed by atoms with Crippen LogP contribution in [0.5, 0.6) is 0 Å². The largest absolute Gasteiger partial charge is 0.353 e. The number of H-pyrrole nitrogens is 1. The minimum absolute atomic E-state index is 0.944. The quantitative estimate of drug-likeness (QED) is 0.304. The van der Waals surface area contributed by atoms with Gasteiger partial charge in [-0.3, -0.25) is 9.98 Å². The number of para-hydroxylation sites is 2. The van der Waals surface area contributed by atoms with Crippen LogP contribution >= 0.6 is 0 Å². The zero-order chi connectivity index (χ0) is 21.2. The molecule has 0 aliphatic rings. The lowest BCUT2D eigenvalue weighted by Crippen LogP contribution is -1.86. The number of aliphatic imine (C=N–C) groups is 2. The summed E-state index contributed by atoms with van der Waals surface area (Å²) in [6.07, 6.45) is 3.90. The van der Waals surface area contributed by atoms with Crippen molar-refractivity contribution in [3.05, 3.63) is 107 Å². The van der Waals surface area contributed by atoms with Gasteiger partial charge in [0.25, 0.3) is 0 Å². The second kappa shape index (κ2) is 8.04. The van der Waals surface area contributed by atoms with Crippen LogP contribution in [0.3, 0.4) is 0 Å². The summed E-state index contributed by atoms with van der Waals surface area (Å²) < 4.78 is 0. The lowest BCUT2D eigenvalue weighted by Gasteiger charge is -2.01. The van der Waals surface area contributed by atoms with Gasteiger partial charge in [-0.1, -0.05) is 36.4 Å². The summed E-state index contributed by atoms with van der Waals surface area (Å²) in [5, 5.41) is 2.42. The highest BCUT2D eigenvalue weighted by Gasteiger charge is 2.12. The molecule has 31 heavy (non-hydrogen) atoms. The average molecular weight is 402 g/mol. The van der Waals surface area contributed by atoms with Gasteiger partial charge in [-0.25, -0.2) is 0 Å². The van der Waals surface area contributed by atoms with E-state index in [9.17, 15) is 0 Å². The van der Waals surface area contributed by atoms with Crippen molar-refractivity contribution in [1.29, 1.82) is 0 Å². The first-order valence-corrected chi connectivity index (χ1v) is 10.4. The Morgan fingerprint density at radius 3 is 1.42 bits per heavy atom. The normalized spacial score (nSPS) is 11.9.